The minimum absolute atomic E-state index is 0. The van der Waals surface area contributed by atoms with Crippen LogP contribution in [0.4, 0.5) is 0 Å². The molecule has 1 aliphatic carbocycles. The molecular formula is C17H24ClN2Rh-. The zero-order valence-electron chi connectivity index (χ0n) is 12.7. The van der Waals surface area contributed by atoms with Crippen molar-refractivity contribution in [2.75, 3.05) is 0 Å². The normalized spacial score (nSPS) is 16.5. The van der Waals surface area contributed by atoms with E-state index < -0.39 is 0 Å². The molecule has 4 heteroatoms. The average molecular weight is 395 g/mol. The average Bonchev–Trinajstić information content (AvgIpc) is 2.37. The molecular weight excluding hydrogens is 371 g/mol. The van der Waals surface area contributed by atoms with Gasteiger partial charge in [0, 0.05) is 37.9 Å². The van der Waals surface area contributed by atoms with Crippen LogP contribution in [0.2, 0.25) is 0 Å². The SMILES string of the molecule is C1=C\CC/C=C\CC/1.CC(C)N=Cc1ccccn1.[Cl-].[Rh]. The second-order valence-corrected chi connectivity index (χ2v) is 4.72. The van der Waals surface area contributed by atoms with Gasteiger partial charge in [-0.15, -0.1) is 0 Å². The maximum atomic E-state index is 4.21. The van der Waals surface area contributed by atoms with Gasteiger partial charge in [0.2, 0.25) is 0 Å². The zero-order valence-corrected chi connectivity index (χ0v) is 15.1. The van der Waals surface area contributed by atoms with Gasteiger partial charge in [0.25, 0.3) is 0 Å². The summed E-state index contributed by atoms with van der Waals surface area (Å²) in [5.41, 5.74) is 0.918. The molecule has 0 aliphatic heterocycles. The van der Waals surface area contributed by atoms with Crippen molar-refractivity contribution < 1.29 is 31.9 Å². The van der Waals surface area contributed by atoms with Gasteiger partial charge in [-0.05, 0) is 51.7 Å². The minimum Gasteiger partial charge on any atom is -1.00 e. The predicted molar refractivity (Wildman–Crippen MR) is 83.7 cm³/mol. The molecule has 2 rings (SSSR count). The van der Waals surface area contributed by atoms with Crippen LogP contribution in [0.1, 0.15) is 45.2 Å². The number of hydrogen-bond acceptors (Lipinski definition) is 2. The maximum absolute atomic E-state index is 4.21. The summed E-state index contributed by atoms with van der Waals surface area (Å²) in [6.45, 7) is 4.08. The number of hydrogen-bond donors (Lipinski definition) is 0. The largest absolute Gasteiger partial charge is 1.00 e. The molecule has 0 N–H and O–H groups in total. The summed E-state index contributed by atoms with van der Waals surface area (Å²) in [5, 5.41) is 0. The van der Waals surface area contributed by atoms with Crippen molar-refractivity contribution in [2.45, 2.75) is 45.6 Å². The van der Waals surface area contributed by atoms with Crippen molar-refractivity contribution in [3.05, 3.63) is 54.4 Å². The number of allylic oxidation sites excluding steroid dienone is 4. The van der Waals surface area contributed by atoms with Crippen LogP contribution in [0.15, 0.2) is 53.7 Å². The first-order valence-electron chi connectivity index (χ1n) is 7.03. The third-order valence-electron chi connectivity index (χ3n) is 2.53. The summed E-state index contributed by atoms with van der Waals surface area (Å²) < 4.78 is 0. The minimum atomic E-state index is 0. The molecule has 0 saturated heterocycles. The fraction of sp³-hybridized carbons (Fsp3) is 0.412. The predicted octanol–water partition coefficient (Wildman–Crippen LogP) is 1.58. The summed E-state index contributed by atoms with van der Waals surface area (Å²) >= 11 is 0. The van der Waals surface area contributed by atoms with Gasteiger partial charge in [0.05, 0.1) is 5.69 Å². The Morgan fingerprint density at radius 1 is 1.00 bits per heavy atom. The second-order valence-electron chi connectivity index (χ2n) is 4.72. The summed E-state index contributed by atoms with van der Waals surface area (Å²) in [6, 6.07) is 6.13. The molecule has 1 aromatic rings. The Labute approximate surface area is 148 Å². The van der Waals surface area contributed by atoms with Crippen LogP contribution < -0.4 is 12.4 Å². The first kappa shape index (κ1) is 22.5. The molecule has 0 bridgehead atoms. The molecule has 1 aromatic heterocycles. The van der Waals surface area contributed by atoms with E-state index in [0.29, 0.717) is 6.04 Å². The number of rotatable bonds is 2. The zero-order chi connectivity index (χ0) is 13.8. The van der Waals surface area contributed by atoms with Crippen molar-refractivity contribution in [2.24, 2.45) is 4.99 Å². The standard InChI is InChI=1S/C9H12N2.C8H12.ClH.Rh/c1-8(2)11-7-9-5-3-4-6-10-9;1-2-4-6-8-7-5-3-1;;/h3-8H,1-2H3;1-2,7-8H,3-6H2;1H;/p-1/b;2-1-,8-7-;;. The van der Waals surface area contributed by atoms with E-state index in [-0.39, 0.29) is 31.9 Å². The molecule has 1 radical (unpaired) electrons. The second kappa shape index (κ2) is 15.6. The van der Waals surface area contributed by atoms with E-state index in [0.717, 1.165) is 5.69 Å². The number of halogens is 1. The van der Waals surface area contributed by atoms with E-state index in [9.17, 15) is 0 Å². The van der Waals surface area contributed by atoms with Crippen molar-refractivity contribution in [1.82, 2.24) is 4.98 Å². The van der Waals surface area contributed by atoms with Crippen LogP contribution in [0.3, 0.4) is 0 Å². The third-order valence-corrected chi connectivity index (χ3v) is 2.53. The van der Waals surface area contributed by atoms with E-state index in [1.165, 1.54) is 25.7 Å². The Balaban J connectivity index is 0. The first-order chi connectivity index (χ1) is 9.29. The Bertz CT molecular complexity index is 388. The van der Waals surface area contributed by atoms with Gasteiger partial charge < -0.3 is 12.4 Å². The van der Waals surface area contributed by atoms with Gasteiger partial charge in [-0.1, -0.05) is 30.4 Å². The summed E-state index contributed by atoms with van der Waals surface area (Å²) in [4.78, 5) is 8.31. The molecule has 1 aliphatic rings. The van der Waals surface area contributed by atoms with Crippen molar-refractivity contribution in [3.8, 4) is 0 Å². The Kier molecular flexibility index (Phi) is 16.7. The van der Waals surface area contributed by atoms with Gasteiger partial charge in [0.15, 0.2) is 0 Å². The van der Waals surface area contributed by atoms with E-state index in [1.807, 2.05) is 32.0 Å². The molecule has 0 unspecified atom stereocenters. The van der Waals surface area contributed by atoms with Crippen molar-refractivity contribution >= 4 is 6.21 Å². The monoisotopic (exact) mass is 394 g/mol. The smallest absolute Gasteiger partial charge is 0.0807 e. The fourth-order valence-electron chi connectivity index (χ4n) is 1.53. The van der Waals surface area contributed by atoms with Crippen molar-refractivity contribution in [3.63, 3.8) is 0 Å². The molecule has 0 aromatic carbocycles. The first-order valence-corrected chi connectivity index (χ1v) is 7.03. The van der Waals surface area contributed by atoms with Crippen molar-refractivity contribution in [1.29, 1.82) is 0 Å². The van der Waals surface area contributed by atoms with Crippen LogP contribution in [0, 0.1) is 0 Å². The Morgan fingerprint density at radius 2 is 1.52 bits per heavy atom. The molecule has 1 heterocycles. The third kappa shape index (κ3) is 13.9. The van der Waals surface area contributed by atoms with Crippen LogP contribution >= 0.6 is 0 Å². The van der Waals surface area contributed by atoms with Crippen LogP contribution in [0.5, 0.6) is 0 Å². The summed E-state index contributed by atoms with van der Waals surface area (Å²) in [6.07, 6.45) is 17.6. The molecule has 0 amide bonds. The number of nitrogens with zero attached hydrogens (tertiary/aromatic N) is 2. The van der Waals surface area contributed by atoms with Crippen LogP contribution in [-0.4, -0.2) is 17.2 Å². The fourth-order valence-corrected chi connectivity index (χ4v) is 1.53. The van der Waals surface area contributed by atoms with Gasteiger partial charge in [0.1, 0.15) is 0 Å². The maximum Gasteiger partial charge on any atom is 0.0807 e. The van der Waals surface area contributed by atoms with E-state index in [2.05, 4.69) is 34.3 Å². The molecule has 21 heavy (non-hydrogen) atoms. The topological polar surface area (TPSA) is 25.2 Å². The van der Waals surface area contributed by atoms with E-state index in [4.69, 9.17) is 0 Å². The van der Waals surface area contributed by atoms with Crippen LogP contribution in [0.25, 0.3) is 0 Å². The number of aliphatic imine (C=N–C) groups is 1. The van der Waals surface area contributed by atoms with E-state index >= 15 is 0 Å². The molecule has 0 saturated carbocycles. The molecule has 0 fully saturated rings. The Morgan fingerprint density at radius 3 is 1.90 bits per heavy atom. The number of aromatic nitrogens is 1. The molecule has 0 atom stereocenters. The molecule has 119 valence electrons. The summed E-state index contributed by atoms with van der Waals surface area (Å²) in [5.74, 6) is 0. The van der Waals surface area contributed by atoms with Gasteiger partial charge in [-0.3, -0.25) is 9.98 Å². The summed E-state index contributed by atoms with van der Waals surface area (Å²) in [7, 11) is 0. The van der Waals surface area contributed by atoms with Gasteiger partial charge >= 0.3 is 0 Å². The number of pyridine rings is 1. The van der Waals surface area contributed by atoms with E-state index in [1.54, 1.807) is 12.4 Å². The van der Waals surface area contributed by atoms with Gasteiger partial charge in [-0.25, -0.2) is 0 Å². The van der Waals surface area contributed by atoms with Crippen LogP contribution in [-0.2, 0) is 19.5 Å². The van der Waals surface area contributed by atoms with Gasteiger partial charge in [-0.2, -0.15) is 0 Å². The molecule has 2 nitrogen and oxygen atoms in total. The molecule has 0 spiro atoms. The quantitative estimate of drug-likeness (QED) is 0.425. The Hall–Kier alpha value is -0.787.